The van der Waals surface area contributed by atoms with E-state index in [0.29, 0.717) is 18.9 Å². The zero-order valence-electron chi connectivity index (χ0n) is 9.86. The number of hydrogen-bond donors (Lipinski definition) is 1. The zero-order chi connectivity index (χ0) is 10.8. The van der Waals surface area contributed by atoms with Gasteiger partial charge in [-0.05, 0) is 32.2 Å². The van der Waals surface area contributed by atoms with E-state index in [4.69, 9.17) is 9.47 Å². The van der Waals surface area contributed by atoms with Gasteiger partial charge < -0.3 is 14.8 Å². The van der Waals surface area contributed by atoms with Crippen LogP contribution < -0.4 is 5.32 Å². The highest BCUT2D eigenvalue weighted by Gasteiger charge is 2.36. The highest BCUT2D eigenvalue weighted by Crippen LogP contribution is 2.27. The number of nitrogens with one attached hydrogen (secondary N) is 1. The molecule has 3 saturated heterocycles. The number of rotatable bonds is 3. The van der Waals surface area contributed by atoms with Crippen molar-refractivity contribution in [2.24, 2.45) is 0 Å². The van der Waals surface area contributed by atoms with Gasteiger partial charge in [0.2, 0.25) is 0 Å². The molecule has 3 heterocycles. The van der Waals surface area contributed by atoms with Crippen molar-refractivity contribution in [2.75, 3.05) is 33.0 Å². The van der Waals surface area contributed by atoms with Crippen LogP contribution in [0.3, 0.4) is 0 Å². The molecule has 3 atom stereocenters. The van der Waals surface area contributed by atoms with Crippen molar-refractivity contribution >= 4 is 0 Å². The van der Waals surface area contributed by atoms with E-state index in [1.165, 1.54) is 32.4 Å². The molecule has 3 fully saturated rings. The van der Waals surface area contributed by atoms with Crippen molar-refractivity contribution in [3.05, 3.63) is 0 Å². The molecule has 3 aliphatic rings. The lowest BCUT2D eigenvalue weighted by atomic mass is 10.1. The SMILES string of the molecule is C1CC2C(NCC3CCOCO3)CCN2C1. The van der Waals surface area contributed by atoms with Gasteiger partial charge in [-0.1, -0.05) is 0 Å². The third-order valence-corrected chi connectivity index (χ3v) is 4.18. The third-order valence-electron chi connectivity index (χ3n) is 4.18. The van der Waals surface area contributed by atoms with Gasteiger partial charge in [0.1, 0.15) is 6.79 Å². The average molecular weight is 226 g/mol. The highest BCUT2D eigenvalue weighted by atomic mass is 16.7. The van der Waals surface area contributed by atoms with Gasteiger partial charge in [-0.25, -0.2) is 0 Å². The Balaban J connectivity index is 1.44. The maximum atomic E-state index is 5.55. The van der Waals surface area contributed by atoms with Crippen molar-refractivity contribution in [3.63, 3.8) is 0 Å². The second-order valence-corrected chi connectivity index (χ2v) is 5.15. The molecular formula is C12H22N2O2. The molecule has 0 spiro atoms. The van der Waals surface area contributed by atoms with Gasteiger partial charge in [0.15, 0.2) is 0 Å². The summed E-state index contributed by atoms with van der Waals surface area (Å²) in [5.41, 5.74) is 0. The van der Waals surface area contributed by atoms with Gasteiger partial charge in [-0.15, -0.1) is 0 Å². The lowest BCUT2D eigenvalue weighted by Crippen LogP contribution is -2.44. The summed E-state index contributed by atoms with van der Waals surface area (Å²) in [5.74, 6) is 0. The van der Waals surface area contributed by atoms with E-state index in [1.54, 1.807) is 0 Å². The predicted molar refractivity (Wildman–Crippen MR) is 61.3 cm³/mol. The number of fused-ring (bicyclic) bond motifs is 1. The lowest BCUT2D eigenvalue weighted by Gasteiger charge is -2.27. The molecule has 4 heteroatoms. The summed E-state index contributed by atoms with van der Waals surface area (Å²) in [6, 6.07) is 1.51. The maximum Gasteiger partial charge on any atom is 0.147 e. The fraction of sp³-hybridized carbons (Fsp3) is 1.00. The van der Waals surface area contributed by atoms with Crippen LogP contribution in [0, 0.1) is 0 Å². The Bertz CT molecular complexity index is 231. The molecule has 3 rings (SSSR count). The van der Waals surface area contributed by atoms with Gasteiger partial charge in [0.25, 0.3) is 0 Å². The minimum Gasteiger partial charge on any atom is -0.355 e. The van der Waals surface area contributed by atoms with Gasteiger partial charge in [0.05, 0.1) is 12.7 Å². The van der Waals surface area contributed by atoms with Crippen molar-refractivity contribution < 1.29 is 9.47 Å². The maximum absolute atomic E-state index is 5.55. The number of ether oxygens (including phenoxy) is 2. The molecule has 0 aromatic carbocycles. The summed E-state index contributed by atoms with van der Waals surface area (Å²) in [6.07, 6.45) is 5.48. The molecule has 0 aromatic heterocycles. The lowest BCUT2D eigenvalue weighted by molar-refractivity contribution is -0.137. The summed E-state index contributed by atoms with van der Waals surface area (Å²) in [5, 5.41) is 3.70. The summed E-state index contributed by atoms with van der Waals surface area (Å²) < 4.78 is 10.7. The van der Waals surface area contributed by atoms with Gasteiger partial charge in [0, 0.05) is 25.2 Å². The van der Waals surface area contributed by atoms with Crippen molar-refractivity contribution in [1.29, 1.82) is 0 Å². The molecule has 0 radical (unpaired) electrons. The summed E-state index contributed by atoms with van der Waals surface area (Å²) in [7, 11) is 0. The van der Waals surface area contributed by atoms with E-state index in [9.17, 15) is 0 Å². The topological polar surface area (TPSA) is 33.7 Å². The largest absolute Gasteiger partial charge is 0.355 e. The third kappa shape index (κ3) is 2.25. The molecule has 16 heavy (non-hydrogen) atoms. The van der Waals surface area contributed by atoms with E-state index in [-0.39, 0.29) is 0 Å². The minimum absolute atomic E-state index is 0.365. The van der Waals surface area contributed by atoms with Crippen LogP contribution >= 0.6 is 0 Å². The number of hydrogen-bond acceptors (Lipinski definition) is 4. The molecule has 0 aliphatic carbocycles. The van der Waals surface area contributed by atoms with Crippen LogP contribution in [0.4, 0.5) is 0 Å². The molecule has 0 amide bonds. The van der Waals surface area contributed by atoms with Gasteiger partial charge in [-0.2, -0.15) is 0 Å². The first-order valence-electron chi connectivity index (χ1n) is 6.60. The quantitative estimate of drug-likeness (QED) is 0.763. The second-order valence-electron chi connectivity index (χ2n) is 5.15. The fourth-order valence-electron chi connectivity index (χ4n) is 3.27. The van der Waals surface area contributed by atoms with Crippen LogP contribution in [0.15, 0.2) is 0 Å². The fourth-order valence-corrected chi connectivity index (χ4v) is 3.27. The number of nitrogens with zero attached hydrogens (tertiary/aromatic N) is 1. The molecule has 92 valence electrons. The van der Waals surface area contributed by atoms with Gasteiger partial charge >= 0.3 is 0 Å². The Morgan fingerprint density at radius 3 is 3.06 bits per heavy atom. The Kier molecular flexibility index (Phi) is 3.43. The summed E-state index contributed by atoms with van der Waals surface area (Å²) in [4.78, 5) is 2.64. The molecule has 4 nitrogen and oxygen atoms in total. The standard InChI is InChI=1S/C12H22N2O2/c1-2-12-11(3-6-14(12)5-1)13-8-10-4-7-15-9-16-10/h10-13H,1-9H2. The normalized spacial score (nSPS) is 40.1. The molecular weight excluding hydrogens is 204 g/mol. The van der Waals surface area contributed by atoms with Crippen LogP contribution in [-0.4, -0.2) is 56.1 Å². The van der Waals surface area contributed by atoms with E-state index >= 15 is 0 Å². The van der Waals surface area contributed by atoms with Crippen molar-refractivity contribution in [2.45, 2.75) is 43.9 Å². The molecule has 3 unspecified atom stereocenters. The highest BCUT2D eigenvalue weighted by molar-refractivity contribution is 4.95. The Morgan fingerprint density at radius 1 is 1.19 bits per heavy atom. The van der Waals surface area contributed by atoms with Crippen molar-refractivity contribution in [1.82, 2.24) is 10.2 Å². The Hall–Kier alpha value is -0.160. The van der Waals surface area contributed by atoms with Crippen LogP contribution in [0.1, 0.15) is 25.7 Å². The van der Waals surface area contributed by atoms with E-state index in [1.807, 2.05) is 0 Å². The smallest absolute Gasteiger partial charge is 0.147 e. The second kappa shape index (κ2) is 5.00. The predicted octanol–water partition coefficient (Wildman–Crippen LogP) is 0.576. The zero-order valence-corrected chi connectivity index (χ0v) is 9.86. The van der Waals surface area contributed by atoms with Crippen LogP contribution in [0.25, 0.3) is 0 Å². The first-order valence-corrected chi connectivity index (χ1v) is 6.60. The van der Waals surface area contributed by atoms with Gasteiger partial charge in [-0.3, -0.25) is 4.90 Å². The molecule has 0 aromatic rings. The molecule has 0 bridgehead atoms. The van der Waals surface area contributed by atoms with Crippen molar-refractivity contribution in [3.8, 4) is 0 Å². The first kappa shape index (κ1) is 11.0. The molecule has 0 saturated carbocycles. The van der Waals surface area contributed by atoms with E-state index in [0.717, 1.165) is 25.6 Å². The van der Waals surface area contributed by atoms with E-state index < -0.39 is 0 Å². The Morgan fingerprint density at radius 2 is 2.19 bits per heavy atom. The van der Waals surface area contributed by atoms with Crippen LogP contribution in [0.5, 0.6) is 0 Å². The van der Waals surface area contributed by atoms with Crippen LogP contribution in [0.2, 0.25) is 0 Å². The minimum atomic E-state index is 0.365. The summed E-state index contributed by atoms with van der Waals surface area (Å²) >= 11 is 0. The average Bonchev–Trinajstić information content (AvgIpc) is 2.90. The van der Waals surface area contributed by atoms with Crippen LogP contribution in [-0.2, 0) is 9.47 Å². The first-order chi connectivity index (χ1) is 7.93. The monoisotopic (exact) mass is 226 g/mol. The Labute approximate surface area is 97.3 Å². The molecule has 3 aliphatic heterocycles. The summed E-state index contributed by atoms with van der Waals surface area (Å²) in [6.45, 7) is 4.94. The van der Waals surface area contributed by atoms with E-state index in [2.05, 4.69) is 10.2 Å². The molecule has 1 N–H and O–H groups in total.